The van der Waals surface area contributed by atoms with Gasteiger partial charge < -0.3 is 4.90 Å². The quantitative estimate of drug-likeness (QED) is 0.707. The van der Waals surface area contributed by atoms with E-state index in [4.69, 9.17) is 0 Å². The Morgan fingerprint density at radius 1 is 1.22 bits per heavy atom. The molecule has 0 radical (unpaired) electrons. The van der Waals surface area contributed by atoms with Crippen molar-refractivity contribution in [2.45, 2.75) is 20.3 Å². The van der Waals surface area contributed by atoms with Crippen LogP contribution in [0.4, 0.5) is 9.52 Å². The molecule has 0 aliphatic rings. The van der Waals surface area contributed by atoms with Gasteiger partial charge in [-0.2, -0.15) is 0 Å². The molecule has 0 aliphatic heterocycles. The van der Waals surface area contributed by atoms with Gasteiger partial charge in [0, 0.05) is 0 Å². The molecule has 0 bridgehead atoms. The zero-order chi connectivity index (χ0) is 19.6. The molecule has 1 aromatic heterocycles. The van der Waals surface area contributed by atoms with Gasteiger partial charge in [-0.05, 0) is 37.1 Å². The SMILES string of the molecule is Cc1ccc(CC(=O)N(CC[NH+](C)C)c2nc3c(F)cccc3s2)c(C)c1. The molecule has 1 heterocycles. The van der Waals surface area contributed by atoms with Crippen molar-refractivity contribution in [1.82, 2.24) is 4.98 Å². The average molecular weight is 387 g/mol. The molecule has 4 nitrogen and oxygen atoms in total. The summed E-state index contributed by atoms with van der Waals surface area (Å²) in [6.07, 6.45) is 0.313. The molecule has 1 amide bonds. The third-order valence-corrected chi connectivity index (χ3v) is 5.61. The van der Waals surface area contributed by atoms with Crippen molar-refractivity contribution < 1.29 is 14.1 Å². The third kappa shape index (κ3) is 4.51. The number of quaternary nitrogens is 1. The van der Waals surface area contributed by atoms with Crippen molar-refractivity contribution in [2.75, 3.05) is 32.1 Å². The van der Waals surface area contributed by atoms with Crippen LogP contribution in [-0.4, -0.2) is 38.1 Å². The minimum atomic E-state index is -0.352. The second-order valence-corrected chi connectivity index (χ2v) is 8.20. The number of hydrogen-bond donors (Lipinski definition) is 1. The first-order valence-electron chi connectivity index (χ1n) is 9.05. The predicted octanol–water partition coefficient (Wildman–Crippen LogP) is 2.77. The summed E-state index contributed by atoms with van der Waals surface area (Å²) in [5.74, 6) is -0.363. The molecule has 0 unspecified atom stereocenters. The standard InChI is InChI=1S/C21H24FN3OS/c1-14-8-9-16(15(2)12-14)13-19(26)25(11-10-24(3)4)21-23-20-17(22)6-5-7-18(20)27-21/h5-9,12H,10-11,13H2,1-4H3/p+1. The third-order valence-electron chi connectivity index (χ3n) is 4.57. The molecule has 2 aromatic carbocycles. The van der Waals surface area contributed by atoms with Gasteiger partial charge in [-0.25, -0.2) is 9.37 Å². The minimum Gasteiger partial charge on any atom is -0.338 e. The van der Waals surface area contributed by atoms with Crippen LogP contribution in [0.5, 0.6) is 0 Å². The van der Waals surface area contributed by atoms with Crippen LogP contribution in [0, 0.1) is 19.7 Å². The Balaban J connectivity index is 1.91. The number of para-hydroxylation sites is 1. The number of aromatic nitrogens is 1. The fourth-order valence-corrected chi connectivity index (χ4v) is 4.01. The Morgan fingerprint density at radius 2 is 2.00 bits per heavy atom. The fraction of sp³-hybridized carbons (Fsp3) is 0.333. The Kier molecular flexibility index (Phi) is 5.87. The highest BCUT2D eigenvalue weighted by molar-refractivity contribution is 7.22. The molecule has 142 valence electrons. The number of nitrogens with zero attached hydrogens (tertiary/aromatic N) is 2. The number of likely N-dealkylation sites (N-methyl/N-ethyl adjacent to an activating group) is 1. The predicted molar refractivity (Wildman–Crippen MR) is 109 cm³/mol. The lowest BCUT2D eigenvalue weighted by molar-refractivity contribution is -0.856. The van der Waals surface area contributed by atoms with E-state index in [0.29, 0.717) is 23.6 Å². The van der Waals surface area contributed by atoms with Crippen molar-refractivity contribution in [2.24, 2.45) is 0 Å². The number of halogens is 1. The summed E-state index contributed by atoms with van der Waals surface area (Å²) in [4.78, 5) is 20.5. The molecule has 3 rings (SSSR count). The van der Waals surface area contributed by atoms with Crippen LogP contribution in [0.3, 0.4) is 0 Å². The number of hydrogen-bond acceptors (Lipinski definition) is 3. The van der Waals surface area contributed by atoms with Gasteiger partial charge in [0.05, 0.1) is 38.3 Å². The number of anilines is 1. The summed E-state index contributed by atoms with van der Waals surface area (Å²) in [6, 6.07) is 11.0. The summed E-state index contributed by atoms with van der Waals surface area (Å²) in [7, 11) is 4.09. The van der Waals surface area contributed by atoms with Crippen LogP contribution in [0.25, 0.3) is 10.2 Å². The number of benzene rings is 2. The molecule has 0 aliphatic carbocycles. The fourth-order valence-electron chi connectivity index (χ4n) is 2.98. The van der Waals surface area contributed by atoms with E-state index in [1.165, 1.54) is 27.9 Å². The summed E-state index contributed by atoms with van der Waals surface area (Å²) in [6.45, 7) is 5.40. The average Bonchev–Trinajstić information content (AvgIpc) is 3.02. The topological polar surface area (TPSA) is 37.6 Å². The van der Waals surface area contributed by atoms with Gasteiger partial charge in [-0.15, -0.1) is 0 Å². The Hall–Kier alpha value is -2.31. The van der Waals surface area contributed by atoms with Crippen molar-refractivity contribution in [3.05, 3.63) is 58.9 Å². The van der Waals surface area contributed by atoms with Gasteiger partial charge in [0.15, 0.2) is 5.13 Å². The summed E-state index contributed by atoms with van der Waals surface area (Å²) in [5, 5.41) is 0.561. The minimum absolute atomic E-state index is 0.0114. The zero-order valence-corrected chi connectivity index (χ0v) is 17.0. The molecule has 0 saturated carbocycles. The van der Waals surface area contributed by atoms with Gasteiger partial charge >= 0.3 is 0 Å². The number of carbonyl (C=O) groups is 1. The smallest absolute Gasteiger partial charge is 0.233 e. The van der Waals surface area contributed by atoms with E-state index in [9.17, 15) is 9.18 Å². The highest BCUT2D eigenvalue weighted by atomic mass is 32.1. The highest BCUT2D eigenvalue weighted by Crippen LogP contribution is 2.30. The lowest BCUT2D eigenvalue weighted by Crippen LogP contribution is -3.06. The van der Waals surface area contributed by atoms with E-state index in [1.54, 1.807) is 11.0 Å². The number of aryl methyl sites for hydroxylation is 2. The summed E-state index contributed by atoms with van der Waals surface area (Å²) in [5.41, 5.74) is 3.63. The molecular formula is C21H25FN3OS+. The maximum absolute atomic E-state index is 14.1. The zero-order valence-electron chi connectivity index (χ0n) is 16.2. The van der Waals surface area contributed by atoms with Crippen molar-refractivity contribution in [1.29, 1.82) is 0 Å². The Morgan fingerprint density at radius 3 is 2.67 bits per heavy atom. The Labute approximate surface area is 163 Å². The first-order valence-corrected chi connectivity index (χ1v) is 9.87. The van der Waals surface area contributed by atoms with E-state index < -0.39 is 0 Å². The van der Waals surface area contributed by atoms with Crippen molar-refractivity contribution in [3.63, 3.8) is 0 Å². The van der Waals surface area contributed by atoms with Crippen LogP contribution in [-0.2, 0) is 11.2 Å². The van der Waals surface area contributed by atoms with Crippen molar-refractivity contribution in [3.8, 4) is 0 Å². The van der Waals surface area contributed by atoms with E-state index >= 15 is 0 Å². The molecule has 0 atom stereocenters. The molecule has 0 fully saturated rings. The molecule has 0 saturated heterocycles. The lowest BCUT2D eigenvalue weighted by Gasteiger charge is -2.21. The Bertz CT molecular complexity index is 967. The molecule has 0 spiro atoms. The normalized spacial score (nSPS) is 11.3. The van der Waals surface area contributed by atoms with Gasteiger partial charge in [0.1, 0.15) is 11.3 Å². The van der Waals surface area contributed by atoms with Gasteiger partial charge in [0.2, 0.25) is 5.91 Å². The molecule has 6 heteroatoms. The molecular weight excluding hydrogens is 361 g/mol. The second kappa shape index (κ2) is 8.15. The number of thiazole rings is 1. The van der Waals surface area contributed by atoms with Crippen LogP contribution < -0.4 is 9.80 Å². The number of nitrogens with one attached hydrogen (secondary N) is 1. The van der Waals surface area contributed by atoms with Crippen LogP contribution in [0.1, 0.15) is 16.7 Å². The first kappa shape index (κ1) is 19.5. The number of carbonyl (C=O) groups excluding carboxylic acids is 1. The molecule has 1 N–H and O–H groups in total. The monoisotopic (exact) mass is 386 g/mol. The van der Waals surface area contributed by atoms with E-state index in [-0.39, 0.29) is 11.7 Å². The van der Waals surface area contributed by atoms with Gasteiger partial charge in [-0.1, -0.05) is 41.2 Å². The number of amides is 1. The lowest BCUT2D eigenvalue weighted by atomic mass is 10.0. The van der Waals surface area contributed by atoms with E-state index in [1.807, 2.05) is 46.1 Å². The van der Waals surface area contributed by atoms with Crippen LogP contribution in [0.2, 0.25) is 0 Å². The maximum atomic E-state index is 14.1. The van der Waals surface area contributed by atoms with Crippen molar-refractivity contribution >= 4 is 32.6 Å². The van der Waals surface area contributed by atoms with Crippen LogP contribution in [0.15, 0.2) is 36.4 Å². The van der Waals surface area contributed by atoms with E-state index in [0.717, 1.165) is 22.4 Å². The number of rotatable bonds is 6. The van der Waals surface area contributed by atoms with Crippen LogP contribution >= 0.6 is 11.3 Å². The van der Waals surface area contributed by atoms with E-state index in [2.05, 4.69) is 11.1 Å². The number of fused-ring (bicyclic) bond motifs is 1. The largest absolute Gasteiger partial charge is 0.338 e. The first-order chi connectivity index (χ1) is 12.8. The summed E-state index contributed by atoms with van der Waals surface area (Å²) < 4.78 is 14.8. The second-order valence-electron chi connectivity index (χ2n) is 7.19. The molecule has 3 aromatic rings. The molecule has 27 heavy (non-hydrogen) atoms. The highest BCUT2D eigenvalue weighted by Gasteiger charge is 2.22. The van der Waals surface area contributed by atoms with Gasteiger partial charge in [0.25, 0.3) is 0 Å². The van der Waals surface area contributed by atoms with Gasteiger partial charge in [-0.3, -0.25) is 9.69 Å². The maximum Gasteiger partial charge on any atom is 0.233 e. The summed E-state index contributed by atoms with van der Waals surface area (Å²) >= 11 is 1.36.